The molecule has 94 valence electrons. The maximum absolute atomic E-state index is 5.85. The summed E-state index contributed by atoms with van der Waals surface area (Å²) in [7, 11) is 1.63. The Morgan fingerprint density at radius 2 is 2.06 bits per heavy atom. The first kappa shape index (κ1) is 12.4. The number of hydrogen-bond donors (Lipinski definition) is 1. The Hall–Kier alpha value is -2.07. The molecule has 0 saturated heterocycles. The van der Waals surface area contributed by atoms with Crippen molar-refractivity contribution in [3.05, 3.63) is 54.4 Å². The Bertz CT molecular complexity index is 488. The Labute approximate surface area is 106 Å². The Morgan fingerprint density at radius 3 is 2.72 bits per heavy atom. The van der Waals surface area contributed by atoms with Gasteiger partial charge in [0.05, 0.1) is 7.11 Å². The molecule has 0 radical (unpaired) electrons. The first-order valence-electron chi connectivity index (χ1n) is 5.74. The number of pyridine rings is 1. The lowest BCUT2D eigenvalue weighted by atomic mass is 10.1. The molecule has 18 heavy (non-hydrogen) atoms. The van der Waals surface area contributed by atoms with Gasteiger partial charge in [-0.1, -0.05) is 12.1 Å². The highest BCUT2D eigenvalue weighted by Crippen LogP contribution is 2.24. The van der Waals surface area contributed by atoms with Crippen LogP contribution in [0.15, 0.2) is 48.8 Å². The van der Waals surface area contributed by atoms with Crippen molar-refractivity contribution in [3.8, 4) is 11.5 Å². The van der Waals surface area contributed by atoms with Gasteiger partial charge in [-0.15, -0.1) is 0 Å². The van der Waals surface area contributed by atoms with E-state index in [1.54, 1.807) is 19.5 Å². The van der Waals surface area contributed by atoms with Crippen LogP contribution in [-0.4, -0.2) is 18.6 Å². The van der Waals surface area contributed by atoms with Crippen molar-refractivity contribution in [2.45, 2.75) is 6.10 Å². The molecule has 4 heteroatoms. The minimum absolute atomic E-state index is 0.203. The van der Waals surface area contributed by atoms with E-state index < -0.39 is 0 Å². The average molecular weight is 244 g/mol. The molecule has 0 aliphatic rings. The summed E-state index contributed by atoms with van der Waals surface area (Å²) in [4.78, 5) is 4.07. The molecule has 1 unspecified atom stereocenters. The molecule has 1 aromatic heterocycles. The van der Waals surface area contributed by atoms with E-state index in [0.717, 1.165) is 17.1 Å². The van der Waals surface area contributed by atoms with Gasteiger partial charge >= 0.3 is 0 Å². The SMILES string of the molecule is COc1cccc(OC(CN)c2cccnc2)c1. The number of ether oxygens (including phenoxy) is 2. The molecule has 0 aliphatic heterocycles. The third kappa shape index (κ3) is 2.99. The molecule has 1 atom stereocenters. The van der Waals surface area contributed by atoms with Gasteiger partial charge in [-0.25, -0.2) is 0 Å². The van der Waals surface area contributed by atoms with Crippen molar-refractivity contribution in [2.24, 2.45) is 5.73 Å². The molecule has 1 aromatic carbocycles. The zero-order valence-electron chi connectivity index (χ0n) is 10.2. The van der Waals surface area contributed by atoms with E-state index in [9.17, 15) is 0 Å². The Kier molecular flexibility index (Phi) is 4.15. The van der Waals surface area contributed by atoms with E-state index in [4.69, 9.17) is 15.2 Å². The van der Waals surface area contributed by atoms with Crippen LogP contribution < -0.4 is 15.2 Å². The zero-order chi connectivity index (χ0) is 12.8. The van der Waals surface area contributed by atoms with Crippen molar-refractivity contribution < 1.29 is 9.47 Å². The molecular weight excluding hydrogens is 228 g/mol. The van der Waals surface area contributed by atoms with Crippen LogP contribution in [0.25, 0.3) is 0 Å². The summed E-state index contributed by atoms with van der Waals surface area (Å²) >= 11 is 0. The van der Waals surface area contributed by atoms with Gasteiger partial charge in [0.15, 0.2) is 0 Å². The standard InChI is InChI=1S/C14H16N2O2/c1-17-12-5-2-6-13(8-12)18-14(9-15)11-4-3-7-16-10-11/h2-8,10,14H,9,15H2,1H3. The van der Waals surface area contributed by atoms with E-state index in [0.29, 0.717) is 6.54 Å². The number of aromatic nitrogens is 1. The van der Waals surface area contributed by atoms with Crippen LogP contribution >= 0.6 is 0 Å². The summed E-state index contributed by atoms with van der Waals surface area (Å²) in [5.41, 5.74) is 6.70. The van der Waals surface area contributed by atoms with Gasteiger partial charge in [0, 0.05) is 30.6 Å². The zero-order valence-corrected chi connectivity index (χ0v) is 10.2. The number of hydrogen-bond acceptors (Lipinski definition) is 4. The minimum atomic E-state index is -0.203. The van der Waals surface area contributed by atoms with Crippen LogP contribution in [0.1, 0.15) is 11.7 Å². The highest BCUT2D eigenvalue weighted by Gasteiger charge is 2.11. The number of methoxy groups -OCH3 is 1. The molecule has 0 saturated carbocycles. The van der Waals surface area contributed by atoms with E-state index in [-0.39, 0.29) is 6.10 Å². The van der Waals surface area contributed by atoms with Gasteiger partial charge in [-0.2, -0.15) is 0 Å². The van der Waals surface area contributed by atoms with Crippen LogP contribution in [-0.2, 0) is 0 Å². The first-order chi connectivity index (χ1) is 8.83. The van der Waals surface area contributed by atoms with Crippen molar-refractivity contribution in [3.63, 3.8) is 0 Å². The molecule has 0 fully saturated rings. The largest absolute Gasteiger partial charge is 0.497 e. The minimum Gasteiger partial charge on any atom is -0.497 e. The second-order valence-corrected chi connectivity index (χ2v) is 3.81. The Balaban J connectivity index is 2.15. The summed E-state index contributed by atoms with van der Waals surface area (Å²) < 4.78 is 11.0. The van der Waals surface area contributed by atoms with Gasteiger partial charge in [-0.3, -0.25) is 4.98 Å². The lowest BCUT2D eigenvalue weighted by Gasteiger charge is -2.17. The molecule has 2 N–H and O–H groups in total. The maximum atomic E-state index is 5.85. The van der Waals surface area contributed by atoms with Crippen molar-refractivity contribution >= 4 is 0 Å². The molecule has 0 aliphatic carbocycles. The molecule has 0 bridgehead atoms. The van der Waals surface area contributed by atoms with Gasteiger partial charge in [0.25, 0.3) is 0 Å². The monoisotopic (exact) mass is 244 g/mol. The van der Waals surface area contributed by atoms with Crippen LogP contribution in [0, 0.1) is 0 Å². The van der Waals surface area contributed by atoms with Gasteiger partial charge < -0.3 is 15.2 Å². The van der Waals surface area contributed by atoms with Crippen molar-refractivity contribution in [1.82, 2.24) is 4.98 Å². The predicted molar refractivity (Wildman–Crippen MR) is 69.7 cm³/mol. The number of benzene rings is 1. The fourth-order valence-electron chi connectivity index (χ4n) is 1.66. The third-order valence-electron chi connectivity index (χ3n) is 2.59. The van der Waals surface area contributed by atoms with Crippen LogP contribution in [0.2, 0.25) is 0 Å². The lowest BCUT2D eigenvalue weighted by Crippen LogP contribution is -2.18. The molecular formula is C14H16N2O2. The fourth-order valence-corrected chi connectivity index (χ4v) is 1.66. The van der Waals surface area contributed by atoms with Crippen molar-refractivity contribution in [1.29, 1.82) is 0 Å². The second kappa shape index (κ2) is 6.02. The lowest BCUT2D eigenvalue weighted by molar-refractivity contribution is 0.213. The van der Waals surface area contributed by atoms with Crippen LogP contribution in [0.3, 0.4) is 0 Å². The summed E-state index contributed by atoms with van der Waals surface area (Å²) in [6.45, 7) is 0.392. The highest BCUT2D eigenvalue weighted by atomic mass is 16.5. The Morgan fingerprint density at radius 1 is 1.22 bits per heavy atom. The summed E-state index contributed by atoms with van der Waals surface area (Å²) in [6.07, 6.45) is 3.28. The van der Waals surface area contributed by atoms with E-state index in [1.807, 2.05) is 36.4 Å². The van der Waals surface area contributed by atoms with Crippen LogP contribution in [0.4, 0.5) is 0 Å². The first-order valence-corrected chi connectivity index (χ1v) is 5.74. The van der Waals surface area contributed by atoms with Crippen molar-refractivity contribution in [2.75, 3.05) is 13.7 Å². The van der Waals surface area contributed by atoms with E-state index >= 15 is 0 Å². The van der Waals surface area contributed by atoms with Gasteiger partial charge in [0.1, 0.15) is 17.6 Å². The number of nitrogens with zero attached hydrogens (tertiary/aromatic N) is 1. The fraction of sp³-hybridized carbons (Fsp3) is 0.214. The summed E-state index contributed by atoms with van der Waals surface area (Å²) in [5, 5.41) is 0. The third-order valence-corrected chi connectivity index (χ3v) is 2.59. The molecule has 1 heterocycles. The normalized spacial score (nSPS) is 11.9. The topological polar surface area (TPSA) is 57.4 Å². The molecule has 2 aromatic rings. The highest BCUT2D eigenvalue weighted by molar-refractivity contribution is 5.33. The van der Waals surface area contributed by atoms with Gasteiger partial charge in [0.2, 0.25) is 0 Å². The van der Waals surface area contributed by atoms with E-state index in [1.165, 1.54) is 0 Å². The van der Waals surface area contributed by atoms with Gasteiger partial charge in [-0.05, 0) is 18.2 Å². The molecule has 4 nitrogen and oxygen atoms in total. The average Bonchev–Trinajstić information content (AvgIpc) is 2.46. The molecule has 2 rings (SSSR count). The van der Waals surface area contributed by atoms with E-state index in [2.05, 4.69) is 4.98 Å². The second-order valence-electron chi connectivity index (χ2n) is 3.81. The molecule has 0 spiro atoms. The predicted octanol–water partition coefficient (Wildman–Crippen LogP) is 2.17. The maximum Gasteiger partial charge on any atom is 0.137 e. The summed E-state index contributed by atoms with van der Waals surface area (Å²) in [6, 6.07) is 11.3. The quantitative estimate of drug-likeness (QED) is 0.875. The number of rotatable bonds is 5. The molecule has 0 amide bonds. The smallest absolute Gasteiger partial charge is 0.137 e. The number of nitrogens with two attached hydrogens (primary N) is 1. The summed E-state index contributed by atoms with van der Waals surface area (Å²) in [5.74, 6) is 1.49. The van der Waals surface area contributed by atoms with Crippen LogP contribution in [0.5, 0.6) is 11.5 Å².